The second-order valence-corrected chi connectivity index (χ2v) is 11.0. The highest BCUT2D eigenvalue weighted by molar-refractivity contribution is 6.00. The molecule has 2 heterocycles. The van der Waals surface area contributed by atoms with Crippen molar-refractivity contribution in [3.05, 3.63) is 125 Å². The predicted molar refractivity (Wildman–Crippen MR) is 166 cm³/mol. The van der Waals surface area contributed by atoms with Gasteiger partial charge in [0.05, 0.1) is 42.7 Å². The van der Waals surface area contributed by atoms with Gasteiger partial charge in [-0.15, -0.1) is 0 Å². The first-order valence-electron chi connectivity index (χ1n) is 14.8. The largest absolute Gasteiger partial charge is 0.464 e. The minimum atomic E-state index is -1.42. The van der Waals surface area contributed by atoms with E-state index >= 15 is 0 Å². The molecular formula is C35H32N2O11. The van der Waals surface area contributed by atoms with Crippen LogP contribution in [0.3, 0.4) is 0 Å². The third kappa shape index (κ3) is 6.95. The van der Waals surface area contributed by atoms with Crippen LogP contribution in [0.2, 0.25) is 0 Å². The van der Waals surface area contributed by atoms with E-state index < -0.39 is 53.7 Å². The Balaban J connectivity index is 1.58. The molecule has 1 aliphatic heterocycles. The van der Waals surface area contributed by atoms with E-state index in [9.17, 15) is 24.0 Å². The highest BCUT2D eigenvalue weighted by atomic mass is 16.6. The fourth-order valence-electron chi connectivity index (χ4n) is 5.26. The molecule has 0 radical (unpaired) electrons. The van der Waals surface area contributed by atoms with Crippen LogP contribution < -0.4 is 0 Å². The van der Waals surface area contributed by atoms with E-state index in [1.54, 1.807) is 97.9 Å². The topological polar surface area (TPSA) is 159 Å². The Morgan fingerprint density at radius 1 is 0.708 bits per heavy atom. The third-order valence-electron chi connectivity index (χ3n) is 7.92. The van der Waals surface area contributed by atoms with Crippen molar-refractivity contribution in [3.63, 3.8) is 0 Å². The van der Waals surface area contributed by atoms with Crippen LogP contribution in [-0.2, 0) is 28.4 Å². The molecule has 0 amide bonds. The quantitative estimate of drug-likeness (QED) is 0.167. The lowest BCUT2D eigenvalue weighted by Gasteiger charge is -2.34. The lowest BCUT2D eigenvalue weighted by molar-refractivity contribution is -0.0643. The molecule has 0 spiro atoms. The zero-order valence-electron chi connectivity index (χ0n) is 26.3. The van der Waals surface area contributed by atoms with Gasteiger partial charge in [0.15, 0.2) is 23.7 Å². The Hall–Kier alpha value is -5.82. The normalized spacial score (nSPS) is 19.9. The van der Waals surface area contributed by atoms with E-state index in [0.717, 1.165) is 20.5 Å². The van der Waals surface area contributed by atoms with Crippen molar-refractivity contribution < 1.29 is 52.4 Å². The summed E-state index contributed by atoms with van der Waals surface area (Å²) < 4.78 is 34.8. The number of methoxy groups -OCH3 is 2. The van der Waals surface area contributed by atoms with Crippen molar-refractivity contribution in [2.75, 3.05) is 27.4 Å². The van der Waals surface area contributed by atoms with Gasteiger partial charge in [-0.25, -0.2) is 29.0 Å². The average molecular weight is 657 g/mol. The van der Waals surface area contributed by atoms with Gasteiger partial charge < -0.3 is 28.4 Å². The summed E-state index contributed by atoms with van der Waals surface area (Å²) in [5.41, 5.74) is -1.39. The van der Waals surface area contributed by atoms with Crippen LogP contribution in [0.25, 0.3) is 0 Å². The van der Waals surface area contributed by atoms with Gasteiger partial charge >= 0.3 is 29.8 Å². The van der Waals surface area contributed by atoms with Crippen LogP contribution in [0.15, 0.2) is 97.3 Å². The minimum Gasteiger partial charge on any atom is -0.464 e. The lowest BCUT2D eigenvalue weighted by Crippen LogP contribution is -2.46. The molecule has 1 fully saturated rings. The predicted octanol–water partition coefficient (Wildman–Crippen LogP) is 4.30. The molecule has 0 unspecified atom stereocenters. The number of ether oxygens (including phenoxy) is 6. The highest BCUT2D eigenvalue weighted by Crippen LogP contribution is 2.47. The summed E-state index contributed by atoms with van der Waals surface area (Å²) in [6.45, 7) is 0.865. The zero-order chi connectivity index (χ0) is 34.3. The Morgan fingerprint density at radius 3 is 1.73 bits per heavy atom. The van der Waals surface area contributed by atoms with Crippen LogP contribution in [0.4, 0.5) is 0 Å². The van der Waals surface area contributed by atoms with Gasteiger partial charge in [-0.05, 0) is 43.3 Å². The molecule has 3 aromatic carbocycles. The van der Waals surface area contributed by atoms with Gasteiger partial charge in [-0.1, -0.05) is 54.6 Å². The number of imidazole rings is 1. The molecule has 0 saturated carbocycles. The first-order chi connectivity index (χ1) is 23.2. The molecule has 0 aliphatic carbocycles. The second-order valence-electron chi connectivity index (χ2n) is 11.0. The van der Waals surface area contributed by atoms with Crippen LogP contribution >= 0.6 is 0 Å². The summed E-state index contributed by atoms with van der Waals surface area (Å²) in [6.07, 6.45) is -2.64. The third-order valence-corrected chi connectivity index (χ3v) is 7.92. The number of hydrogen-bond acceptors (Lipinski definition) is 12. The van der Waals surface area contributed by atoms with Crippen LogP contribution in [0.5, 0.6) is 0 Å². The average Bonchev–Trinajstić information content (AvgIpc) is 3.69. The van der Waals surface area contributed by atoms with Crippen LogP contribution in [0, 0.1) is 5.41 Å². The number of rotatable bonds is 11. The first kappa shape index (κ1) is 33.5. The number of carbonyl (C=O) groups excluding carboxylic acids is 5. The molecule has 13 nitrogen and oxygen atoms in total. The zero-order valence-corrected chi connectivity index (χ0v) is 26.3. The first-order valence-corrected chi connectivity index (χ1v) is 14.8. The van der Waals surface area contributed by atoms with E-state index in [-0.39, 0.29) is 41.3 Å². The molecule has 4 atom stereocenters. The maximum atomic E-state index is 13.6. The molecule has 48 heavy (non-hydrogen) atoms. The molecule has 248 valence electrons. The molecule has 0 N–H and O–H groups in total. The van der Waals surface area contributed by atoms with E-state index in [0.29, 0.717) is 0 Å². The SMILES string of the molecule is COC(=O)c1ncn([C@@H]2O[C@H](COC(=O)c3ccccc3)[C@](C)(COC(=O)c3ccccc3)[C@@H]2OC(=O)c2ccccc2)c1C(=O)OC. The van der Waals surface area contributed by atoms with E-state index in [1.807, 2.05) is 0 Å². The van der Waals surface area contributed by atoms with E-state index in [1.165, 1.54) is 4.57 Å². The van der Waals surface area contributed by atoms with E-state index in [4.69, 9.17) is 28.4 Å². The summed E-state index contributed by atoms with van der Waals surface area (Å²) in [5.74, 6) is -3.97. The smallest absolute Gasteiger partial charge is 0.359 e. The standard InChI is InChI=1S/C35H32N2O11/c1-35(20-46-31(39)23-15-9-5-10-16-23)25(19-45-30(38)22-13-7-4-8-14-22)47-29(28(35)48-32(40)24-17-11-6-12-18-24)37-21-36-26(33(41)43-2)27(37)34(42)44-3/h4-18,21,25,28-29H,19-20H2,1-3H3/t25-,28-,29-,35+/m1/s1. The molecule has 1 aromatic heterocycles. The Bertz CT molecular complexity index is 1780. The van der Waals surface area contributed by atoms with Crippen LogP contribution in [-0.4, -0.2) is 79.0 Å². The Morgan fingerprint density at radius 2 is 1.21 bits per heavy atom. The van der Waals surface area contributed by atoms with Gasteiger partial charge in [0, 0.05) is 0 Å². The second kappa shape index (κ2) is 14.7. The molecule has 5 rings (SSSR count). The monoisotopic (exact) mass is 656 g/mol. The number of nitrogens with zero attached hydrogens (tertiary/aromatic N) is 2. The van der Waals surface area contributed by atoms with Gasteiger partial charge in [-0.3, -0.25) is 4.57 Å². The summed E-state index contributed by atoms with van der Waals surface area (Å²) in [4.78, 5) is 69.3. The van der Waals surface area contributed by atoms with Crippen molar-refractivity contribution in [2.24, 2.45) is 5.41 Å². The highest BCUT2D eigenvalue weighted by Gasteiger charge is 2.59. The molecule has 1 aliphatic rings. The fraction of sp³-hybridized carbons (Fsp3) is 0.257. The van der Waals surface area contributed by atoms with Crippen molar-refractivity contribution in [1.29, 1.82) is 0 Å². The van der Waals surface area contributed by atoms with Crippen molar-refractivity contribution in [1.82, 2.24) is 9.55 Å². The van der Waals surface area contributed by atoms with Gasteiger partial charge in [0.1, 0.15) is 19.3 Å². The number of carbonyl (C=O) groups is 5. The van der Waals surface area contributed by atoms with Crippen molar-refractivity contribution in [3.8, 4) is 0 Å². The summed E-state index contributed by atoms with van der Waals surface area (Å²) in [5, 5.41) is 0. The maximum Gasteiger partial charge on any atom is 0.359 e. The van der Waals surface area contributed by atoms with Crippen molar-refractivity contribution in [2.45, 2.75) is 25.4 Å². The number of benzene rings is 3. The van der Waals surface area contributed by atoms with Gasteiger partial charge in [0.2, 0.25) is 0 Å². The molecule has 0 bridgehead atoms. The summed E-state index contributed by atoms with van der Waals surface area (Å²) in [7, 11) is 2.23. The number of esters is 5. The fourth-order valence-corrected chi connectivity index (χ4v) is 5.26. The van der Waals surface area contributed by atoms with Crippen LogP contribution in [0.1, 0.15) is 65.2 Å². The van der Waals surface area contributed by atoms with Gasteiger partial charge in [0.25, 0.3) is 0 Å². The minimum absolute atomic E-state index is 0.202. The lowest BCUT2D eigenvalue weighted by atomic mass is 9.81. The maximum absolute atomic E-state index is 13.6. The Kier molecular flexibility index (Phi) is 10.3. The molecule has 1 saturated heterocycles. The number of aromatic nitrogens is 2. The van der Waals surface area contributed by atoms with Crippen molar-refractivity contribution >= 4 is 29.8 Å². The summed E-state index contributed by atoms with van der Waals surface area (Å²) >= 11 is 0. The number of hydrogen-bond donors (Lipinski definition) is 0. The molecule has 13 heteroatoms. The van der Waals surface area contributed by atoms with Gasteiger partial charge in [-0.2, -0.15) is 0 Å². The Labute approximate surface area is 275 Å². The molecule has 4 aromatic rings. The molecular weight excluding hydrogens is 624 g/mol. The summed E-state index contributed by atoms with van der Waals surface area (Å²) in [6, 6.07) is 24.6. The van der Waals surface area contributed by atoms with E-state index in [2.05, 4.69) is 4.98 Å².